The Kier molecular flexibility index (Phi) is 7.81. The largest absolute Gasteiger partial charge is 0.309 e. The van der Waals surface area contributed by atoms with Crippen molar-refractivity contribution in [3.8, 4) is 39.4 Å². The van der Waals surface area contributed by atoms with E-state index in [4.69, 9.17) is 9.97 Å². The number of hydrogen-bond donors (Lipinski definition) is 0. The number of pyridine rings is 1. The molecule has 0 bridgehead atoms. The number of nitrogens with zero attached hydrogens (tertiary/aromatic N) is 5. The van der Waals surface area contributed by atoms with Crippen molar-refractivity contribution in [2.75, 3.05) is 0 Å². The van der Waals surface area contributed by atoms with Gasteiger partial charge in [0.05, 0.1) is 44.3 Å². The molecule has 0 N–H and O–H groups in total. The first kappa shape index (κ1) is 35.5. The van der Waals surface area contributed by atoms with Crippen LogP contribution in [-0.4, -0.2) is 23.7 Å². The van der Waals surface area contributed by atoms with E-state index in [-0.39, 0.29) is 0 Å². The van der Waals surface area contributed by atoms with Crippen LogP contribution in [0.4, 0.5) is 0 Å². The molecular weight excluding hydrogens is 767 g/mol. The highest BCUT2D eigenvalue weighted by Crippen LogP contribution is 2.41. The first-order valence-electron chi connectivity index (χ1n) is 21.7. The van der Waals surface area contributed by atoms with Crippen molar-refractivity contribution < 1.29 is 0 Å². The molecule has 0 radical (unpaired) electrons. The van der Waals surface area contributed by atoms with Crippen molar-refractivity contribution in [1.82, 2.24) is 23.7 Å². The molecule has 0 aliphatic carbocycles. The van der Waals surface area contributed by atoms with Gasteiger partial charge in [0.15, 0.2) is 0 Å². The van der Waals surface area contributed by atoms with Crippen molar-refractivity contribution in [2.45, 2.75) is 13.3 Å². The molecule has 0 aliphatic heterocycles. The van der Waals surface area contributed by atoms with Gasteiger partial charge in [0.1, 0.15) is 5.82 Å². The molecule has 0 unspecified atom stereocenters. The van der Waals surface area contributed by atoms with Gasteiger partial charge in [-0.2, -0.15) is 0 Å². The topological polar surface area (TPSA) is 40.6 Å². The second-order valence-corrected chi connectivity index (χ2v) is 16.4. The first-order chi connectivity index (χ1) is 31.2. The molecule has 13 rings (SSSR count). The Balaban J connectivity index is 1.09. The molecule has 0 amide bonds. The van der Waals surface area contributed by atoms with E-state index < -0.39 is 0 Å². The van der Waals surface area contributed by atoms with Gasteiger partial charge in [0, 0.05) is 61.4 Å². The minimum Gasteiger partial charge on any atom is -0.309 e. The molecule has 9 aromatic carbocycles. The Morgan fingerprint density at radius 2 is 0.873 bits per heavy atom. The summed E-state index contributed by atoms with van der Waals surface area (Å²) in [7, 11) is 0. The van der Waals surface area contributed by atoms with Gasteiger partial charge in [0.2, 0.25) is 0 Å². The van der Waals surface area contributed by atoms with Crippen molar-refractivity contribution in [3.05, 3.63) is 212 Å². The van der Waals surface area contributed by atoms with Crippen molar-refractivity contribution >= 4 is 76.3 Å². The summed E-state index contributed by atoms with van der Waals surface area (Å²) in [5.74, 6) is 1.02. The van der Waals surface area contributed by atoms with E-state index in [0.717, 1.165) is 84.4 Å². The van der Waals surface area contributed by atoms with Gasteiger partial charge in [-0.15, -0.1) is 0 Å². The minimum atomic E-state index is 0.799. The molecular formula is C58H39N5. The van der Waals surface area contributed by atoms with Crippen LogP contribution in [-0.2, 0) is 6.42 Å². The lowest BCUT2D eigenvalue weighted by atomic mass is 9.96. The predicted molar refractivity (Wildman–Crippen MR) is 263 cm³/mol. The van der Waals surface area contributed by atoms with Gasteiger partial charge >= 0.3 is 0 Å². The van der Waals surface area contributed by atoms with Crippen LogP contribution in [0.15, 0.2) is 206 Å². The van der Waals surface area contributed by atoms with E-state index in [1.165, 1.54) is 43.6 Å². The van der Waals surface area contributed by atoms with Crippen molar-refractivity contribution in [1.29, 1.82) is 0 Å². The van der Waals surface area contributed by atoms with Gasteiger partial charge in [-0.1, -0.05) is 140 Å². The molecule has 4 heterocycles. The summed E-state index contributed by atoms with van der Waals surface area (Å²) in [6.07, 6.45) is 0.799. The van der Waals surface area contributed by atoms with Crippen LogP contribution in [0, 0.1) is 0 Å². The molecule has 0 saturated carbocycles. The lowest BCUT2D eigenvalue weighted by Gasteiger charge is -2.16. The maximum Gasteiger partial charge on any atom is 0.114 e. The smallest absolute Gasteiger partial charge is 0.114 e. The SMILES string of the molecule is CCc1nc2c3c(-c4cccc(-c5cc(-n6c7ccccc7c7ccccc76)cc(-n6c7ccccc7c7ccccc76)c5)c4)nc4ccccc4c3ccc2n1-c1ccccc1. The molecule has 0 spiro atoms. The molecule has 5 nitrogen and oxygen atoms in total. The van der Waals surface area contributed by atoms with E-state index in [1.807, 2.05) is 0 Å². The average Bonchev–Trinajstić information content (AvgIpc) is 4.02. The van der Waals surface area contributed by atoms with E-state index in [9.17, 15) is 0 Å². The van der Waals surface area contributed by atoms with Crippen LogP contribution in [0.3, 0.4) is 0 Å². The third-order valence-electron chi connectivity index (χ3n) is 12.9. The van der Waals surface area contributed by atoms with Crippen molar-refractivity contribution in [2.24, 2.45) is 0 Å². The Morgan fingerprint density at radius 1 is 0.349 bits per heavy atom. The number of rotatable bonds is 6. The quantitative estimate of drug-likeness (QED) is 0.157. The minimum absolute atomic E-state index is 0.799. The van der Waals surface area contributed by atoms with Crippen LogP contribution in [0.1, 0.15) is 12.7 Å². The Hall–Kier alpha value is -8.28. The lowest BCUT2D eigenvalue weighted by molar-refractivity contribution is 0.908. The number of fused-ring (bicyclic) bond motifs is 11. The monoisotopic (exact) mass is 805 g/mol. The van der Waals surface area contributed by atoms with Crippen molar-refractivity contribution in [3.63, 3.8) is 0 Å². The fourth-order valence-corrected chi connectivity index (χ4v) is 10.2. The normalized spacial score (nSPS) is 12.0. The maximum atomic E-state index is 5.49. The number of benzene rings is 9. The van der Waals surface area contributed by atoms with Gasteiger partial charge < -0.3 is 9.13 Å². The van der Waals surface area contributed by atoms with Gasteiger partial charge in [-0.05, 0) is 89.3 Å². The number of imidazole rings is 1. The van der Waals surface area contributed by atoms with Crippen LogP contribution < -0.4 is 0 Å². The number of hydrogen-bond acceptors (Lipinski definition) is 2. The van der Waals surface area contributed by atoms with Gasteiger partial charge in [0.25, 0.3) is 0 Å². The highest BCUT2D eigenvalue weighted by Gasteiger charge is 2.21. The van der Waals surface area contributed by atoms with E-state index >= 15 is 0 Å². The fraction of sp³-hybridized carbons (Fsp3) is 0.0345. The molecule has 0 fully saturated rings. The molecule has 63 heavy (non-hydrogen) atoms. The Morgan fingerprint density at radius 3 is 1.46 bits per heavy atom. The van der Waals surface area contributed by atoms with E-state index in [2.05, 4.69) is 227 Å². The maximum absolute atomic E-state index is 5.49. The standard InChI is InChI=1S/C58H39N5/c1-2-55-60-58-54(63(55)40-19-4-3-5-20-40)32-31-48-43-21-6-11-26-49(43)59-57(56(48)58)38-18-16-17-37(33-38)39-34-41(61-50-27-12-7-22-44(50)45-23-8-13-28-51(45)61)36-42(35-39)62-52-29-14-9-24-46(52)47-25-10-15-30-53(47)62/h3-36H,2H2,1H3. The fourth-order valence-electron chi connectivity index (χ4n) is 10.2. The van der Waals surface area contributed by atoms with Gasteiger partial charge in [-0.25, -0.2) is 9.97 Å². The Labute approximate surface area is 363 Å². The predicted octanol–water partition coefficient (Wildman–Crippen LogP) is 14.8. The molecule has 0 atom stereocenters. The van der Waals surface area contributed by atoms with Gasteiger partial charge in [-0.3, -0.25) is 4.57 Å². The summed E-state index contributed by atoms with van der Waals surface area (Å²) < 4.78 is 7.16. The lowest BCUT2D eigenvalue weighted by Crippen LogP contribution is -2.00. The second kappa shape index (κ2) is 13.9. The summed E-state index contributed by atoms with van der Waals surface area (Å²) in [6.45, 7) is 2.18. The molecule has 4 aromatic heterocycles. The zero-order valence-corrected chi connectivity index (χ0v) is 34.6. The highest BCUT2D eigenvalue weighted by atomic mass is 15.1. The average molecular weight is 806 g/mol. The first-order valence-corrected chi connectivity index (χ1v) is 21.7. The highest BCUT2D eigenvalue weighted by molar-refractivity contribution is 6.20. The summed E-state index contributed by atoms with van der Waals surface area (Å²) in [5.41, 5.74) is 15.2. The second-order valence-electron chi connectivity index (χ2n) is 16.4. The van der Waals surface area contributed by atoms with Crippen LogP contribution in [0.2, 0.25) is 0 Å². The molecule has 0 aliphatic rings. The summed E-state index contributed by atoms with van der Waals surface area (Å²) in [5, 5.41) is 8.28. The van der Waals surface area contributed by atoms with Crippen LogP contribution in [0.25, 0.3) is 116 Å². The number of para-hydroxylation sites is 6. The summed E-state index contributed by atoms with van der Waals surface area (Å²) in [4.78, 5) is 10.9. The number of aromatic nitrogens is 5. The molecule has 13 aromatic rings. The number of aryl methyl sites for hydroxylation is 1. The Bertz CT molecular complexity index is 3720. The van der Waals surface area contributed by atoms with Crippen LogP contribution >= 0.6 is 0 Å². The summed E-state index contributed by atoms with van der Waals surface area (Å²) >= 11 is 0. The zero-order valence-electron chi connectivity index (χ0n) is 34.6. The van der Waals surface area contributed by atoms with E-state index in [0.29, 0.717) is 0 Å². The molecule has 0 saturated heterocycles. The third kappa shape index (κ3) is 5.36. The molecule has 296 valence electrons. The summed E-state index contributed by atoms with van der Waals surface area (Å²) in [6, 6.07) is 74.6. The molecule has 5 heteroatoms. The zero-order chi connectivity index (χ0) is 41.6. The van der Waals surface area contributed by atoms with E-state index in [1.54, 1.807) is 0 Å². The third-order valence-corrected chi connectivity index (χ3v) is 12.9. The van der Waals surface area contributed by atoms with Crippen LogP contribution in [0.5, 0.6) is 0 Å².